The summed E-state index contributed by atoms with van der Waals surface area (Å²) in [5.74, 6) is -3.30. The van der Waals surface area contributed by atoms with Crippen LogP contribution >= 0.6 is 0 Å². The minimum Gasteiger partial charge on any atom is -0.503 e. The van der Waals surface area contributed by atoms with E-state index in [9.17, 15) is 13.6 Å². The first kappa shape index (κ1) is 9.70. The lowest BCUT2D eigenvalue weighted by Gasteiger charge is -2.00. The molecule has 1 aromatic heterocycles. The van der Waals surface area contributed by atoms with Gasteiger partial charge in [0.25, 0.3) is 0 Å². The summed E-state index contributed by atoms with van der Waals surface area (Å²) in [5, 5.41) is 9.00. The van der Waals surface area contributed by atoms with Crippen LogP contribution in [0, 0.1) is 11.6 Å². The number of nitrogens with zero attached hydrogens (tertiary/aromatic N) is 1. The van der Waals surface area contributed by atoms with Crippen molar-refractivity contribution in [1.82, 2.24) is 9.55 Å². The molecule has 15 heavy (non-hydrogen) atoms. The van der Waals surface area contributed by atoms with Gasteiger partial charge in [0.1, 0.15) is 5.52 Å². The smallest absolute Gasteiger partial charge is 0.326 e. The van der Waals surface area contributed by atoms with E-state index < -0.39 is 23.1 Å². The van der Waals surface area contributed by atoms with Gasteiger partial charge in [0.15, 0.2) is 17.4 Å². The van der Waals surface area contributed by atoms with E-state index in [1.807, 2.05) is 0 Å². The Bertz CT molecular complexity index is 586. The van der Waals surface area contributed by atoms with Crippen LogP contribution < -0.4 is 5.69 Å². The number of benzene rings is 1. The lowest BCUT2D eigenvalue weighted by atomic mass is 10.2. The molecule has 1 aromatic carbocycles. The monoisotopic (exact) mass is 214 g/mol. The standard InChI is InChI=1S/C9H8F2N2O2/c1-2-13-5-3-4(10)8(14)6(11)7(5)12-9(13)15/h3,14H,2H2,1H3,(H,12,15). The van der Waals surface area contributed by atoms with Crippen LogP contribution in [0.25, 0.3) is 11.0 Å². The summed E-state index contributed by atoms with van der Waals surface area (Å²) in [5.41, 5.74) is -0.604. The Morgan fingerprint density at radius 3 is 2.80 bits per heavy atom. The maximum Gasteiger partial charge on any atom is 0.326 e. The fourth-order valence-corrected chi connectivity index (χ4v) is 1.53. The van der Waals surface area contributed by atoms with Crippen molar-refractivity contribution < 1.29 is 13.9 Å². The van der Waals surface area contributed by atoms with E-state index in [1.54, 1.807) is 6.92 Å². The first-order valence-electron chi connectivity index (χ1n) is 4.35. The second kappa shape index (κ2) is 3.08. The van der Waals surface area contributed by atoms with E-state index in [0.29, 0.717) is 6.54 Å². The Morgan fingerprint density at radius 1 is 1.53 bits per heavy atom. The van der Waals surface area contributed by atoms with Gasteiger partial charge >= 0.3 is 5.69 Å². The van der Waals surface area contributed by atoms with Crippen LogP contribution in [-0.2, 0) is 6.54 Å². The molecule has 0 saturated carbocycles. The van der Waals surface area contributed by atoms with Crippen molar-refractivity contribution in [3.05, 3.63) is 28.2 Å². The van der Waals surface area contributed by atoms with E-state index in [-0.39, 0.29) is 11.0 Å². The zero-order valence-electron chi connectivity index (χ0n) is 7.84. The van der Waals surface area contributed by atoms with Crippen molar-refractivity contribution in [2.75, 3.05) is 0 Å². The Balaban J connectivity index is 2.98. The molecular weight excluding hydrogens is 206 g/mol. The third kappa shape index (κ3) is 1.21. The first-order chi connectivity index (χ1) is 7.06. The highest BCUT2D eigenvalue weighted by molar-refractivity contribution is 5.78. The molecule has 80 valence electrons. The molecule has 0 unspecified atom stereocenters. The molecule has 0 atom stereocenters. The van der Waals surface area contributed by atoms with Gasteiger partial charge in [-0.25, -0.2) is 13.6 Å². The highest BCUT2D eigenvalue weighted by Gasteiger charge is 2.17. The number of H-pyrrole nitrogens is 1. The molecule has 0 aliphatic carbocycles. The predicted molar refractivity (Wildman–Crippen MR) is 49.8 cm³/mol. The lowest BCUT2D eigenvalue weighted by Crippen LogP contribution is -2.14. The highest BCUT2D eigenvalue weighted by Crippen LogP contribution is 2.26. The number of aromatic amines is 1. The van der Waals surface area contributed by atoms with Crippen LogP contribution in [0.4, 0.5) is 8.78 Å². The number of phenols is 1. The lowest BCUT2D eigenvalue weighted by molar-refractivity contribution is 0.399. The summed E-state index contributed by atoms with van der Waals surface area (Å²) in [6.07, 6.45) is 0. The zero-order chi connectivity index (χ0) is 11.2. The minimum atomic E-state index is -1.14. The molecule has 0 aliphatic heterocycles. The summed E-state index contributed by atoms with van der Waals surface area (Å²) < 4.78 is 27.5. The van der Waals surface area contributed by atoms with Gasteiger partial charge in [0, 0.05) is 12.6 Å². The Labute approximate surface area is 82.8 Å². The second-order valence-electron chi connectivity index (χ2n) is 3.09. The van der Waals surface area contributed by atoms with Crippen molar-refractivity contribution in [3.63, 3.8) is 0 Å². The van der Waals surface area contributed by atoms with Gasteiger partial charge in [-0.05, 0) is 6.92 Å². The second-order valence-corrected chi connectivity index (χ2v) is 3.09. The number of imidazole rings is 1. The summed E-state index contributed by atoms with van der Waals surface area (Å²) >= 11 is 0. The average Bonchev–Trinajstić information content (AvgIpc) is 2.51. The molecule has 0 radical (unpaired) electrons. The Hall–Kier alpha value is -1.85. The van der Waals surface area contributed by atoms with Gasteiger partial charge in [-0.2, -0.15) is 0 Å². The van der Waals surface area contributed by atoms with Gasteiger partial charge in [0.2, 0.25) is 0 Å². The number of aromatic nitrogens is 2. The number of hydrogen-bond donors (Lipinski definition) is 2. The SMILES string of the molecule is CCn1c(=O)[nH]c2c(F)c(O)c(F)cc21. The summed E-state index contributed by atoms with van der Waals surface area (Å²) in [4.78, 5) is 13.5. The summed E-state index contributed by atoms with van der Waals surface area (Å²) in [6.45, 7) is 1.97. The van der Waals surface area contributed by atoms with E-state index >= 15 is 0 Å². The molecule has 1 heterocycles. The predicted octanol–water partition coefficient (Wildman–Crippen LogP) is 1.33. The number of aryl methyl sites for hydroxylation is 1. The van der Waals surface area contributed by atoms with Crippen molar-refractivity contribution in [2.24, 2.45) is 0 Å². The molecule has 2 aromatic rings. The van der Waals surface area contributed by atoms with E-state index in [1.165, 1.54) is 4.57 Å². The molecule has 4 nitrogen and oxygen atoms in total. The molecule has 0 aliphatic rings. The number of halogens is 2. The molecule has 0 spiro atoms. The van der Waals surface area contributed by atoms with Crippen LogP contribution in [0.5, 0.6) is 5.75 Å². The fourth-order valence-electron chi connectivity index (χ4n) is 1.53. The first-order valence-corrected chi connectivity index (χ1v) is 4.35. The van der Waals surface area contributed by atoms with Crippen LogP contribution in [0.1, 0.15) is 6.92 Å². The molecule has 2 rings (SSSR count). The van der Waals surface area contributed by atoms with Crippen molar-refractivity contribution in [3.8, 4) is 5.75 Å². The Morgan fingerprint density at radius 2 is 2.20 bits per heavy atom. The normalized spacial score (nSPS) is 11.1. The fraction of sp³-hybridized carbons (Fsp3) is 0.222. The van der Waals surface area contributed by atoms with E-state index in [2.05, 4.69) is 4.98 Å². The van der Waals surface area contributed by atoms with E-state index in [4.69, 9.17) is 5.11 Å². The number of nitrogens with one attached hydrogen (secondary N) is 1. The van der Waals surface area contributed by atoms with Crippen LogP contribution in [0.3, 0.4) is 0 Å². The quantitative estimate of drug-likeness (QED) is 0.752. The number of aromatic hydroxyl groups is 1. The third-order valence-corrected chi connectivity index (χ3v) is 2.26. The number of rotatable bonds is 1. The molecule has 0 fully saturated rings. The number of hydrogen-bond acceptors (Lipinski definition) is 2. The van der Waals surface area contributed by atoms with Crippen molar-refractivity contribution >= 4 is 11.0 Å². The average molecular weight is 214 g/mol. The molecule has 0 amide bonds. The van der Waals surface area contributed by atoms with Crippen LogP contribution in [0.15, 0.2) is 10.9 Å². The van der Waals surface area contributed by atoms with Gasteiger partial charge in [-0.3, -0.25) is 4.57 Å². The molecule has 2 N–H and O–H groups in total. The summed E-state index contributed by atoms with van der Waals surface area (Å²) in [6, 6.07) is 0.926. The largest absolute Gasteiger partial charge is 0.503 e. The maximum absolute atomic E-state index is 13.3. The van der Waals surface area contributed by atoms with Gasteiger partial charge in [-0.15, -0.1) is 0 Å². The topological polar surface area (TPSA) is 58.0 Å². The molecular formula is C9H8F2N2O2. The molecule has 0 bridgehead atoms. The van der Waals surface area contributed by atoms with Crippen LogP contribution in [0.2, 0.25) is 0 Å². The molecule has 0 saturated heterocycles. The minimum absolute atomic E-state index is 0.107. The van der Waals surface area contributed by atoms with Gasteiger partial charge in [0.05, 0.1) is 5.52 Å². The van der Waals surface area contributed by atoms with Crippen molar-refractivity contribution in [2.45, 2.75) is 13.5 Å². The number of phenolic OH excluding ortho intramolecular Hbond substituents is 1. The number of fused-ring (bicyclic) bond motifs is 1. The van der Waals surface area contributed by atoms with Gasteiger partial charge in [-0.1, -0.05) is 0 Å². The summed E-state index contributed by atoms with van der Waals surface area (Å²) in [7, 11) is 0. The maximum atomic E-state index is 13.3. The third-order valence-electron chi connectivity index (χ3n) is 2.26. The van der Waals surface area contributed by atoms with E-state index in [0.717, 1.165) is 6.07 Å². The van der Waals surface area contributed by atoms with Crippen LogP contribution in [-0.4, -0.2) is 14.7 Å². The van der Waals surface area contributed by atoms with Crippen molar-refractivity contribution in [1.29, 1.82) is 0 Å². The Kier molecular flexibility index (Phi) is 1.99. The highest BCUT2D eigenvalue weighted by atomic mass is 19.1. The van der Waals surface area contributed by atoms with Gasteiger partial charge < -0.3 is 10.1 Å². The molecule has 6 heteroatoms. The zero-order valence-corrected chi connectivity index (χ0v) is 7.84.